The summed E-state index contributed by atoms with van der Waals surface area (Å²) in [7, 11) is 1.68. The zero-order valence-corrected chi connectivity index (χ0v) is 12.0. The SMILES string of the molecule is CNc1[c-]nc(Br)c(F)c1.[CH-]=O.[K+]. The summed E-state index contributed by atoms with van der Waals surface area (Å²) < 4.78 is 12.8. The summed E-state index contributed by atoms with van der Waals surface area (Å²) in [6.07, 6.45) is 2.58. The fourth-order valence-electron chi connectivity index (χ4n) is 0.509. The van der Waals surface area contributed by atoms with Crippen molar-refractivity contribution in [2.45, 2.75) is 0 Å². The molecule has 0 aliphatic heterocycles. The molecular formula is C7H6BrFKN2O-. The first-order valence-corrected chi connectivity index (χ1v) is 3.68. The zero-order valence-electron chi connectivity index (χ0n) is 7.27. The Hall–Kier alpha value is 0.666. The largest absolute Gasteiger partial charge is 1.00 e. The van der Waals surface area contributed by atoms with Crippen molar-refractivity contribution in [3.63, 3.8) is 0 Å². The van der Waals surface area contributed by atoms with Gasteiger partial charge in [0.2, 0.25) is 0 Å². The molecule has 1 N–H and O–H groups in total. The molecule has 0 aromatic carbocycles. The van der Waals surface area contributed by atoms with E-state index in [1.54, 1.807) is 7.05 Å². The smallest absolute Gasteiger partial charge is 0.545 e. The van der Waals surface area contributed by atoms with Gasteiger partial charge in [-0.1, -0.05) is 11.9 Å². The van der Waals surface area contributed by atoms with Crippen LogP contribution in [0.2, 0.25) is 0 Å². The van der Waals surface area contributed by atoms with Gasteiger partial charge in [0, 0.05) is 17.5 Å². The maximum Gasteiger partial charge on any atom is 1.00 e. The van der Waals surface area contributed by atoms with Crippen molar-refractivity contribution in [3.8, 4) is 0 Å². The van der Waals surface area contributed by atoms with E-state index in [2.05, 4.69) is 39.2 Å². The van der Waals surface area contributed by atoms with Gasteiger partial charge in [0.1, 0.15) is 0 Å². The van der Waals surface area contributed by atoms with Gasteiger partial charge in [-0.15, -0.1) is 22.0 Å². The molecule has 0 aliphatic carbocycles. The number of rotatable bonds is 1. The van der Waals surface area contributed by atoms with Gasteiger partial charge in [-0.3, -0.25) is 6.79 Å². The predicted octanol–water partition coefficient (Wildman–Crippen LogP) is -1.45. The van der Waals surface area contributed by atoms with E-state index in [0.717, 1.165) is 0 Å². The maximum absolute atomic E-state index is 12.6. The second-order valence-electron chi connectivity index (χ2n) is 1.67. The number of halogens is 2. The van der Waals surface area contributed by atoms with Crippen molar-refractivity contribution in [3.05, 3.63) is 22.7 Å². The molecule has 1 aromatic rings. The van der Waals surface area contributed by atoms with Crippen LogP contribution in [0.15, 0.2) is 10.7 Å². The number of hydrogen-bond acceptors (Lipinski definition) is 3. The van der Waals surface area contributed by atoms with Gasteiger partial charge in [0.15, 0.2) is 0 Å². The van der Waals surface area contributed by atoms with Crippen molar-refractivity contribution in [2.24, 2.45) is 0 Å². The van der Waals surface area contributed by atoms with Crippen molar-refractivity contribution >= 4 is 28.4 Å². The van der Waals surface area contributed by atoms with Crippen LogP contribution in [0.4, 0.5) is 10.1 Å². The van der Waals surface area contributed by atoms with Crippen LogP contribution < -0.4 is 56.7 Å². The van der Waals surface area contributed by atoms with Gasteiger partial charge in [0.25, 0.3) is 0 Å². The van der Waals surface area contributed by atoms with Gasteiger partial charge in [-0.25, -0.2) is 4.39 Å². The molecule has 0 unspecified atom stereocenters. The molecule has 0 atom stereocenters. The Labute approximate surface area is 127 Å². The Morgan fingerprint density at radius 2 is 2.23 bits per heavy atom. The van der Waals surface area contributed by atoms with Crippen LogP contribution in [0.25, 0.3) is 0 Å². The van der Waals surface area contributed by atoms with E-state index in [1.165, 1.54) is 6.07 Å². The van der Waals surface area contributed by atoms with E-state index < -0.39 is 0 Å². The molecule has 0 spiro atoms. The number of nitrogens with one attached hydrogen (secondary N) is 1. The molecular weight excluding hydrogens is 266 g/mol. The Balaban J connectivity index is 0. The van der Waals surface area contributed by atoms with E-state index in [4.69, 9.17) is 4.79 Å². The molecule has 1 heterocycles. The minimum Gasteiger partial charge on any atom is -0.545 e. The third kappa shape index (κ3) is 5.87. The normalized spacial score (nSPS) is 7.62. The molecule has 0 radical (unpaired) electrons. The number of anilines is 1. The molecule has 0 saturated carbocycles. The van der Waals surface area contributed by atoms with Gasteiger partial charge in [0.05, 0.1) is 0 Å². The van der Waals surface area contributed by atoms with Crippen LogP contribution in [0.1, 0.15) is 0 Å². The van der Waals surface area contributed by atoms with E-state index in [1.807, 2.05) is 0 Å². The molecule has 3 nitrogen and oxygen atoms in total. The first-order valence-electron chi connectivity index (χ1n) is 2.89. The summed E-state index contributed by atoms with van der Waals surface area (Å²) in [5.41, 5.74) is 0.542. The molecule has 0 aliphatic rings. The molecule has 13 heavy (non-hydrogen) atoms. The molecule has 0 bridgehead atoms. The van der Waals surface area contributed by atoms with Crippen molar-refractivity contribution in [1.29, 1.82) is 0 Å². The fraction of sp³-hybridized carbons (Fsp3) is 0.143. The monoisotopic (exact) mass is 271 g/mol. The van der Waals surface area contributed by atoms with E-state index in [-0.39, 0.29) is 61.8 Å². The first kappa shape index (κ1) is 16.1. The molecule has 0 saturated heterocycles. The maximum atomic E-state index is 12.6. The molecule has 6 heteroatoms. The molecule has 0 fully saturated rings. The van der Waals surface area contributed by atoms with Crippen molar-refractivity contribution in [2.75, 3.05) is 12.4 Å². The second kappa shape index (κ2) is 9.23. The Kier molecular flexibility index (Phi) is 11.4. The van der Waals surface area contributed by atoms with Gasteiger partial charge >= 0.3 is 51.4 Å². The first-order chi connectivity index (χ1) is 5.74. The van der Waals surface area contributed by atoms with Gasteiger partial charge < -0.3 is 15.1 Å². The molecule has 1 rings (SSSR count). The summed E-state index contributed by atoms with van der Waals surface area (Å²) in [5, 5.41) is 2.72. The Morgan fingerprint density at radius 3 is 2.62 bits per heavy atom. The summed E-state index contributed by atoms with van der Waals surface area (Å²) in [5.74, 6) is -0.386. The van der Waals surface area contributed by atoms with Crippen molar-refractivity contribution in [1.82, 2.24) is 4.98 Å². The van der Waals surface area contributed by atoms with Crippen LogP contribution in [0.3, 0.4) is 0 Å². The zero-order chi connectivity index (χ0) is 9.56. The van der Waals surface area contributed by atoms with Crippen LogP contribution in [0.5, 0.6) is 0 Å². The van der Waals surface area contributed by atoms with E-state index in [0.29, 0.717) is 5.69 Å². The van der Waals surface area contributed by atoms with Crippen LogP contribution in [0, 0.1) is 12.0 Å². The quantitative estimate of drug-likeness (QED) is 0.294. The predicted molar refractivity (Wildman–Crippen MR) is 47.0 cm³/mol. The summed E-state index contributed by atoms with van der Waals surface area (Å²) >= 11 is 2.91. The van der Waals surface area contributed by atoms with Gasteiger partial charge in [-0.05, 0) is 0 Å². The topological polar surface area (TPSA) is 42.0 Å². The standard InChI is InChI=1S/C6H5BrFN2.CHO.K/c1-9-4-2-5(8)6(7)10-3-4;1-2;/h2,9H,1H3;1H;/q2*-1;+1. The number of nitrogens with zero attached hydrogens (tertiary/aromatic N) is 1. The van der Waals surface area contributed by atoms with Crippen LogP contribution in [-0.4, -0.2) is 18.8 Å². The van der Waals surface area contributed by atoms with Crippen LogP contribution in [-0.2, 0) is 4.79 Å². The number of pyridine rings is 1. The fourth-order valence-corrected chi connectivity index (χ4v) is 0.712. The number of aromatic nitrogens is 1. The molecule has 66 valence electrons. The summed E-state index contributed by atoms with van der Waals surface area (Å²) in [4.78, 5) is 11.4. The average Bonchev–Trinajstić information content (AvgIpc) is 2.13. The van der Waals surface area contributed by atoms with Crippen molar-refractivity contribution < 1.29 is 60.6 Å². The third-order valence-electron chi connectivity index (χ3n) is 1.01. The van der Waals surface area contributed by atoms with Gasteiger partial charge in [-0.2, -0.15) is 0 Å². The van der Waals surface area contributed by atoms with E-state index >= 15 is 0 Å². The Morgan fingerprint density at radius 1 is 1.69 bits per heavy atom. The number of carbonyl (C=O) groups excluding carboxylic acids is 1. The molecule has 1 aromatic heterocycles. The van der Waals surface area contributed by atoms with Crippen LogP contribution >= 0.6 is 15.9 Å². The minimum atomic E-state index is -0.386. The average molecular weight is 272 g/mol. The minimum absolute atomic E-state index is 0. The van der Waals surface area contributed by atoms with E-state index in [9.17, 15) is 4.39 Å². The molecule has 0 amide bonds. The number of hydrogen-bond donors (Lipinski definition) is 1. The second-order valence-corrected chi connectivity index (χ2v) is 2.42. The summed E-state index contributed by atoms with van der Waals surface area (Å²) in [6, 6.07) is 1.32. The summed E-state index contributed by atoms with van der Waals surface area (Å²) in [6.45, 7) is 3.25. The Bertz CT molecular complexity index is 262. The third-order valence-corrected chi connectivity index (χ3v) is 1.57.